The van der Waals surface area contributed by atoms with E-state index in [4.69, 9.17) is 9.84 Å². The van der Waals surface area contributed by atoms with Gasteiger partial charge in [0.1, 0.15) is 17.3 Å². The van der Waals surface area contributed by atoms with Gasteiger partial charge in [0, 0.05) is 5.56 Å². The van der Waals surface area contributed by atoms with E-state index in [1.165, 1.54) is 0 Å². The first-order chi connectivity index (χ1) is 12.2. The van der Waals surface area contributed by atoms with Crippen LogP contribution in [0.5, 0.6) is 11.5 Å². The van der Waals surface area contributed by atoms with Crippen molar-refractivity contribution in [1.29, 1.82) is 0 Å². The summed E-state index contributed by atoms with van der Waals surface area (Å²) in [6, 6.07) is 22.0. The molecule has 4 rings (SSSR count). The lowest BCUT2D eigenvalue weighted by molar-refractivity contribution is 0.0697. The molecule has 122 valence electrons. The van der Waals surface area contributed by atoms with Gasteiger partial charge in [-0.1, -0.05) is 18.2 Å². The number of fused-ring (bicyclic) bond motifs is 1. The van der Waals surface area contributed by atoms with Crippen molar-refractivity contribution in [2.24, 2.45) is 0 Å². The third-order valence-corrected chi connectivity index (χ3v) is 3.84. The summed E-state index contributed by atoms with van der Waals surface area (Å²) in [5, 5.41) is 9.07. The molecule has 0 aliphatic heterocycles. The number of aromatic amines is 1. The number of para-hydroxylation sites is 1. The largest absolute Gasteiger partial charge is 0.478 e. The molecule has 3 aromatic carbocycles. The standard InChI is InChI=1S/C20H14N2O3/c23-20(24)14-8-11-17-18(12-14)22-19(21-17)13-6-9-16(10-7-13)25-15-4-2-1-3-5-15/h1-12H,(H,21,22)(H,23,24). The Morgan fingerprint density at radius 2 is 1.64 bits per heavy atom. The Morgan fingerprint density at radius 1 is 0.920 bits per heavy atom. The van der Waals surface area contributed by atoms with Gasteiger partial charge in [0.2, 0.25) is 0 Å². The van der Waals surface area contributed by atoms with Crippen molar-refractivity contribution in [3.8, 4) is 22.9 Å². The molecule has 0 bridgehead atoms. The second kappa shape index (κ2) is 6.13. The summed E-state index contributed by atoms with van der Waals surface area (Å²) in [6.45, 7) is 0. The van der Waals surface area contributed by atoms with E-state index in [9.17, 15) is 4.79 Å². The zero-order valence-corrected chi connectivity index (χ0v) is 13.1. The molecule has 5 heteroatoms. The lowest BCUT2D eigenvalue weighted by Gasteiger charge is -2.05. The van der Waals surface area contributed by atoms with Crippen molar-refractivity contribution < 1.29 is 14.6 Å². The lowest BCUT2D eigenvalue weighted by Crippen LogP contribution is -1.94. The maximum Gasteiger partial charge on any atom is 0.335 e. The van der Waals surface area contributed by atoms with Crippen LogP contribution in [0, 0.1) is 0 Å². The average molecular weight is 330 g/mol. The molecule has 0 atom stereocenters. The molecule has 0 radical (unpaired) electrons. The van der Waals surface area contributed by atoms with E-state index in [0.717, 1.165) is 22.6 Å². The van der Waals surface area contributed by atoms with Gasteiger partial charge < -0.3 is 14.8 Å². The summed E-state index contributed by atoms with van der Waals surface area (Å²) in [6.07, 6.45) is 0. The molecule has 1 aromatic heterocycles. The van der Waals surface area contributed by atoms with Crippen molar-refractivity contribution in [1.82, 2.24) is 9.97 Å². The highest BCUT2D eigenvalue weighted by Crippen LogP contribution is 2.26. The van der Waals surface area contributed by atoms with Crippen LogP contribution in [-0.4, -0.2) is 21.0 Å². The van der Waals surface area contributed by atoms with Gasteiger partial charge in [-0.15, -0.1) is 0 Å². The van der Waals surface area contributed by atoms with Gasteiger partial charge >= 0.3 is 5.97 Å². The number of benzene rings is 3. The normalized spacial score (nSPS) is 10.7. The fraction of sp³-hybridized carbons (Fsp3) is 0. The molecule has 1 heterocycles. The number of aromatic carboxylic acids is 1. The Kier molecular flexibility index (Phi) is 3.67. The van der Waals surface area contributed by atoms with Gasteiger partial charge in [0.15, 0.2) is 0 Å². The minimum atomic E-state index is -0.958. The molecular formula is C20H14N2O3. The van der Waals surface area contributed by atoms with Crippen LogP contribution in [0.1, 0.15) is 10.4 Å². The molecule has 0 saturated heterocycles. The van der Waals surface area contributed by atoms with Gasteiger partial charge in [-0.05, 0) is 54.6 Å². The fourth-order valence-corrected chi connectivity index (χ4v) is 2.58. The lowest BCUT2D eigenvalue weighted by atomic mass is 10.2. The van der Waals surface area contributed by atoms with Crippen LogP contribution in [0.15, 0.2) is 72.8 Å². The smallest absolute Gasteiger partial charge is 0.335 e. The fourth-order valence-electron chi connectivity index (χ4n) is 2.58. The number of carbonyl (C=O) groups is 1. The Morgan fingerprint density at radius 3 is 2.36 bits per heavy atom. The third-order valence-electron chi connectivity index (χ3n) is 3.84. The molecule has 5 nitrogen and oxygen atoms in total. The van der Waals surface area contributed by atoms with Crippen LogP contribution in [0.4, 0.5) is 0 Å². The molecule has 4 aromatic rings. The summed E-state index contributed by atoms with van der Waals surface area (Å²) in [7, 11) is 0. The second-order valence-electron chi connectivity index (χ2n) is 5.56. The van der Waals surface area contributed by atoms with E-state index in [1.54, 1.807) is 18.2 Å². The number of aromatic nitrogens is 2. The first kappa shape index (κ1) is 15.0. The maximum absolute atomic E-state index is 11.1. The maximum atomic E-state index is 11.1. The van der Waals surface area contributed by atoms with E-state index < -0.39 is 5.97 Å². The summed E-state index contributed by atoms with van der Waals surface area (Å²) < 4.78 is 5.77. The van der Waals surface area contributed by atoms with E-state index in [0.29, 0.717) is 11.3 Å². The second-order valence-corrected chi connectivity index (χ2v) is 5.56. The van der Waals surface area contributed by atoms with E-state index in [1.807, 2.05) is 54.6 Å². The van der Waals surface area contributed by atoms with Gasteiger partial charge in [0.05, 0.1) is 16.6 Å². The number of carboxylic acids is 1. The first-order valence-electron chi connectivity index (χ1n) is 7.75. The minimum Gasteiger partial charge on any atom is -0.478 e. The number of H-pyrrole nitrogens is 1. The van der Waals surface area contributed by atoms with E-state index in [-0.39, 0.29) is 5.56 Å². The Balaban J connectivity index is 1.61. The van der Waals surface area contributed by atoms with Crippen molar-refractivity contribution in [3.05, 3.63) is 78.4 Å². The number of nitrogens with one attached hydrogen (secondary N) is 1. The highest BCUT2D eigenvalue weighted by atomic mass is 16.5. The van der Waals surface area contributed by atoms with Crippen LogP contribution in [0.2, 0.25) is 0 Å². The molecule has 0 aliphatic carbocycles. The Hall–Kier alpha value is -3.60. The molecule has 0 spiro atoms. The molecule has 2 N–H and O–H groups in total. The molecule has 0 aliphatic rings. The van der Waals surface area contributed by atoms with E-state index >= 15 is 0 Å². The van der Waals surface area contributed by atoms with Gasteiger partial charge in [0.25, 0.3) is 0 Å². The molecule has 0 amide bonds. The highest BCUT2D eigenvalue weighted by molar-refractivity contribution is 5.93. The minimum absolute atomic E-state index is 0.231. The predicted octanol–water partition coefficient (Wildman–Crippen LogP) is 4.72. The quantitative estimate of drug-likeness (QED) is 0.568. The van der Waals surface area contributed by atoms with Crippen molar-refractivity contribution >= 4 is 17.0 Å². The van der Waals surface area contributed by atoms with Crippen LogP contribution in [0.3, 0.4) is 0 Å². The van der Waals surface area contributed by atoms with Crippen LogP contribution in [-0.2, 0) is 0 Å². The Bertz CT molecular complexity index is 1040. The average Bonchev–Trinajstić information content (AvgIpc) is 3.06. The van der Waals surface area contributed by atoms with Crippen molar-refractivity contribution in [2.75, 3.05) is 0 Å². The van der Waals surface area contributed by atoms with Gasteiger partial charge in [-0.3, -0.25) is 0 Å². The number of nitrogens with zero attached hydrogens (tertiary/aromatic N) is 1. The van der Waals surface area contributed by atoms with Gasteiger partial charge in [-0.2, -0.15) is 0 Å². The molecule has 25 heavy (non-hydrogen) atoms. The first-order valence-corrected chi connectivity index (χ1v) is 7.75. The van der Waals surface area contributed by atoms with Gasteiger partial charge in [-0.25, -0.2) is 9.78 Å². The number of imidazole rings is 1. The number of ether oxygens (including phenoxy) is 1. The molecule has 0 unspecified atom stereocenters. The number of rotatable bonds is 4. The zero-order valence-electron chi connectivity index (χ0n) is 13.1. The summed E-state index contributed by atoms with van der Waals surface area (Å²) in [4.78, 5) is 18.7. The number of carboxylic acid groups (broad SMARTS) is 1. The third kappa shape index (κ3) is 3.07. The number of hydrogen-bond acceptors (Lipinski definition) is 3. The highest BCUT2D eigenvalue weighted by Gasteiger charge is 2.09. The monoisotopic (exact) mass is 330 g/mol. The SMILES string of the molecule is O=C(O)c1ccc2nc(-c3ccc(Oc4ccccc4)cc3)[nH]c2c1. The molecule has 0 saturated carbocycles. The van der Waals surface area contributed by atoms with Crippen molar-refractivity contribution in [3.63, 3.8) is 0 Å². The summed E-state index contributed by atoms with van der Waals surface area (Å²) in [5.41, 5.74) is 2.55. The molecular weight excluding hydrogens is 316 g/mol. The summed E-state index contributed by atoms with van der Waals surface area (Å²) in [5.74, 6) is 1.24. The topological polar surface area (TPSA) is 75.2 Å². The number of hydrogen-bond donors (Lipinski definition) is 2. The zero-order chi connectivity index (χ0) is 17.2. The van der Waals surface area contributed by atoms with Crippen LogP contribution >= 0.6 is 0 Å². The van der Waals surface area contributed by atoms with Crippen LogP contribution < -0.4 is 4.74 Å². The van der Waals surface area contributed by atoms with E-state index in [2.05, 4.69) is 9.97 Å². The summed E-state index contributed by atoms with van der Waals surface area (Å²) >= 11 is 0. The Labute approximate surface area is 143 Å². The van der Waals surface area contributed by atoms with Crippen molar-refractivity contribution in [2.45, 2.75) is 0 Å². The predicted molar refractivity (Wildman–Crippen MR) is 95.0 cm³/mol. The van der Waals surface area contributed by atoms with Crippen LogP contribution in [0.25, 0.3) is 22.4 Å². The molecule has 0 fully saturated rings.